The minimum atomic E-state index is -0.670. The van der Waals surface area contributed by atoms with E-state index in [4.69, 9.17) is 0 Å². The summed E-state index contributed by atoms with van der Waals surface area (Å²) in [4.78, 5) is 2.42. The van der Waals surface area contributed by atoms with Gasteiger partial charge in [0.05, 0.1) is 5.60 Å². The van der Waals surface area contributed by atoms with Gasteiger partial charge in [-0.25, -0.2) is 4.39 Å². The van der Waals surface area contributed by atoms with Crippen molar-refractivity contribution in [3.63, 3.8) is 0 Å². The van der Waals surface area contributed by atoms with Crippen LogP contribution in [0.3, 0.4) is 0 Å². The number of benzene rings is 1. The van der Waals surface area contributed by atoms with Gasteiger partial charge in [0, 0.05) is 13.0 Å². The number of rotatable bonds is 4. The number of hydrogen-bond donors (Lipinski definition) is 1. The van der Waals surface area contributed by atoms with E-state index in [0.717, 1.165) is 50.9 Å². The summed E-state index contributed by atoms with van der Waals surface area (Å²) in [6.45, 7) is 5.30. The molecule has 1 atom stereocenters. The fourth-order valence-corrected chi connectivity index (χ4v) is 2.98. The van der Waals surface area contributed by atoms with Gasteiger partial charge >= 0.3 is 0 Å². The van der Waals surface area contributed by atoms with Crippen molar-refractivity contribution in [3.05, 3.63) is 35.6 Å². The van der Waals surface area contributed by atoms with E-state index in [0.29, 0.717) is 6.42 Å². The van der Waals surface area contributed by atoms with Gasteiger partial charge in [-0.15, -0.1) is 0 Å². The molecule has 1 fully saturated rings. The minimum absolute atomic E-state index is 0.220. The normalized spacial score (nSPS) is 25.2. The second kappa shape index (κ2) is 6.49. The van der Waals surface area contributed by atoms with Crippen molar-refractivity contribution in [2.75, 3.05) is 19.6 Å². The first-order valence-corrected chi connectivity index (χ1v) is 7.30. The average molecular weight is 265 g/mol. The molecule has 0 aromatic heterocycles. The maximum absolute atomic E-state index is 13.2. The lowest BCUT2D eigenvalue weighted by molar-refractivity contribution is 0.0256. The Kier molecular flexibility index (Phi) is 4.94. The van der Waals surface area contributed by atoms with Gasteiger partial charge in [0.25, 0.3) is 0 Å². The summed E-state index contributed by atoms with van der Waals surface area (Å²) in [6.07, 6.45) is 4.33. The molecule has 0 aliphatic carbocycles. The topological polar surface area (TPSA) is 23.5 Å². The summed E-state index contributed by atoms with van der Waals surface area (Å²) in [6, 6.07) is 6.60. The molecule has 1 saturated heterocycles. The van der Waals surface area contributed by atoms with Crippen LogP contribution >= 0.6 is 0 Å². The lowest BCUT2D eigenvalue weighted by Crippen LogP contribution is -2.33. The number of aliphatic hydroxyl groups is 1. The highest BCUT2D eigenvalue weighted by molar-refractivity contribution is 5.18. The maximum Gasteiger partial charge on any atom is 0.123 e. The van der Waals surface area contributed by atoms with Crippen LogP contribution in [0, 0.1) is 5.82 Å². The van der Waals surface area contributed by atoms with Crippen molar-refractivity contribution in [1.82, 2.24) is 4.90 Å². The fourth-order valence-electron chi connectivity index (χ4n) is 2.98. The summed E-state index contributed by atoms with van der Waals surface area (Å²) in [5, 5.41) is 10.7. The second-order valence-electron chi connectivity index (χ2n) is 5.73. The highest BCUT2D eigenvalue weighted by Crippen LogP contribution is 2.26. The van der Waals surface area contributed by atoms with Crippen molar-refractivity contribution in [3.8, 4) is 0 Å². The third-order valence-corrected chi connectivity index (χ3v) is 3.97. The molecule has 0 amide bonds. The summed E-state index contributed by atoms with van der Waals surface area (Å²) >= 11 is 0. The Morgan fingerprint density at radius 1 is 1.32 bits per heavy atom. The SMILES string of the molecule is CCCN1CCCC(O)(Cc2cccc(F)c2)CC1. The first-order chi connectivity index (χ1) is 9.11. The predicted octanol–water partition coefficient (Wildman–Crippen LogP) is 3.00. The highest BCUT2D eigenvalue weighted by atomic mass is 19.1. The van der Waals surface area contributed by atoms with E-state index < -0.39 is 5.60 Å². The van der Waals surface area contributed by atoms with E-state index in [1.165, 1.54) is 12.1 Å². The number of nitrogens with zero attached hydrogens (tertiary/aromatic N) is 1. The third kappa shape index (κ3) is 4.29. The zero-order chi connectivity index (χ0) is 13.7. The first-order valence-electron chi connectivity index (χ1n) is 7.30. The molecule has 3 heteroatoms. The van der Waals surface area contributed by atoms with Gasteiger partial charge in [0.1, 0.15) is 5.82 Å². The molecule has 1 aliphatic rings. The molecule has 106 valence electrons. The standard InChI is InChI=1S/C16H24FNO/c1-2-9-18-10-4-7-16(19,8-11-18)13-14-5-3-6-15(17)12-14/h3,5-6,12,19H,2,4,7-11,13H2,1H3. The molecule has 0 bridgehead atoms. The lowest BCUT2D eigenvalue weighted by Gasteiger charge is -2.27. The van der Waals surface area contributed by atoms with E-state index >= 15 is 0 Å². The molecular weight excluding hydrogens is 241 g/mol. The summed E-state index contributed by atoms with van der Waals surface area (Å²) < 4.78 is 13.2. The van der Waals surface area contributed by atoms with Crippen molar-refractivity contribution in [2.24, 2.45) is 0 Å². The minimum Gasteiger partial charge on any atom is -0.389 e. The maximum atomic E-state index is 13.2. The van der Waals surface area contributed by atoms with Crippen molar-refractivity contribution in [2.45, 2.75) is 44.6 Å². The van der Waals surface area contributed by atoms with Gasteiger partial charge in [-0.1, -0.05) is 19.1 Å². The zero-order valence-electron chi connectivity index (χ0n) is 11.7. The smallest absolute Gasteiger partial charge is 0.123 e. The molecule has 2 nitrogen and oxygen atoms in total. The molecule has 1 N–H and O–H groups in total. The Morgan fingerprint density at radius 3 is 2.89 bits per heavy atom. The molecular formula is C16H24FNO. The van der Waals surface area contributed by atoms with Crippen molar-refractivity contribution < 1.29 is 9.50 Å². The van der Waals surface area contributed by atoms with Gasteiger partial charge in [-0.2, -0.15) is 0 Å². The quantitative estimate of drug-likeness (QED) is 0.904. The largest absolute Gasteiger partial charge is 0.389 e. The van der Waals surface area contributed by atoms with Crippen LogP contribution in [0.4, 0.5) is 4.39 Å². The molecule has 0 spiro atoms. The summed E-state index contributed by atoms with van der Waals surface area (Å²) in [5.74, 6) is -0.220. The highest BCUT2D eigenvalue weighted by Gasteiger charge is 2.30. The Morgan fingerprint density at radius 2 is 2.16 bits per heavy atom. The molecule has 19 heavy (non-hydrogen) atoms. The Labute approximate surface area is 115 Å². The number of halogens is 1. The lowest BCUT2D eigenvalue weighted by atomic mass is 9.88. The van der Waals surface area contributed by atoms with Crippen LogP contribution in [0.15, 0.2) is 24.3 Å². The molecule has 0 saturated carbocycles. The van der Waals surface area contributed by atoms with Crippen LogP contribution in [0.5, 0.6) is 0 Å². The first kappa shape index (κ1) is 14.5. The van der Waals surface area contributed by atoms with Crippen molar-refractivity contribution in [1.29, 1.82) is 0 Å². The average Bonchev–Trinajstić information content (AvgIpc) is 2.53. The Hall–Kier alpha value is -0.930. The number of hydrogen-bond acceptors (Lipinski definition) is 2. The molecule has 1 aromatic carbocycles. The van der Waals surface area contributed by atoms with E-state index in [-0.39, 0.29) is 5.82 Å². The molecule has 0 radical (unpaired) electrons. The van der Waals surface area contributed by atoms with E-state index in [9.17, 15) is 9.50 Å². The van der Waals surface area contributed by atoms with E-state index in [1.54, 1.807) is 6.07 Å². The molecule has 1 aromatic rings. The van der Waals surface area contributed by atoms with Crippen LogP contribution in [0.2, 0.25) is 0 Å². The van der Waals surface area contributed by atoms with Crippen LogP contribution in [-0.4, -0.2) is 35.2 Å². The molecule has 2 rings (SSSR count). The van der Waals surface area contributed by atoms with Crippen LogP contribution in [0.25, 0.3) is 0 Å². The Balaban J connectivity index is 1.98. The fraction of sp³-hybridized carbons (Fsp3) is 0.625. The number of likely N-dealkylation sites (tertiary alicyclic amines) is 1. The van der Waals surface area contributed by atoms with Crippen LogP contribution in [0.1, 0.15) is 38.2 Å². The third-order valence-electron chi connectivity index (χ3n) is 3.97. The van der Waals surface area contributed by atoms with Crippen molar-refractivity contribution >= 4 is 0 Å². The van der Waals surface area contributed by atoms with Gasteiger partial charge in [-0.05, 0) is 56.5 Å². The van der Waals surface area contributed by atoms with Crippen LogP contribution in [-0.2, 0) is 6.42 Å². The van der Waals surface area contributed by atoms with Gasteiger partial charge in [0.2, 0.25) is 0 Å². The van der Waals surface area contributed by atoms with Gasteiger partial charge < -0.3 is 10.0 Å². The van der Waals surface area contributed by atoms with Crippen LogP contribution < -0.4 is 0 Å². The molecule has 1 aliphatic heterocycles. The summed E-state index contributed by atoms with van der Waals surface area (Å²) in [5.41, 5.74) is 0.225. The van der Waals surface area contributed by atoms with Gasteiger partial charge in [0.15, 0.2) is 0 Å². The van der Waals surface area contributed by atoms with E-state index in [1.807, 2.05) is 6.07 Å². The molecule has 1 heterocycles. The molecule has 1 unspecified atom stereocenters. The second-order valence-corrected chi connectivity index (χ2v) is 5.73. The predicted molar refractivity (Wildman–Crippen MR) is 75.6 cm³/mol. The zero-order valence-corrected chi connectivity index (χ0v) is 11.7. The monoisotopic (exact) mass is 265 g/mol. The van der Waals surface area contributed by atoms with Gasteiger partial charge in [-0.3, -0.25) is 0 Å². The summed E-state index contributed by atoms with van der Waals surface area (Å²) in [7, 11) is 0. The van der Waals surface area contributed by atoms with E-state index in [2.05, 4.69) is 11.8 Å². The Bertz CT molecular complexity index is 409.